The molecule has 2 aromatic carbocycles. The lowest BCUT2D eigenvalue weighted by atomic mass is 10.1. The summed E-state index contributed by atoms with van der Waals surface area (Å²) in [5.74, 6) is -0.312. The number of nitrogens with one attached hydrogen (secondary N) is 2. The molecular weight excluding hydrogens is 374 g/mol. The van der Waals surface area contributed by atoms with Gasteiger partial charge in [-0.15, -0.1) is 12.4 Å². The van der Waals surface area contributed by atoms with Crippen LogP contribution in [0.1, 0.15) is 27.9 Å². The van der Waals surface area contributed by atoms with E-state index < -0.39 is 10.0 Å². The first-order chi connectivity index (χ1) is 11.9. The van der Waals surface area contributed by atoms with Crippen molar-refractivity contribution in [1.82, 2.24) is 10.0 Å². The minimum absolute atomic E-state index is 0. The fraction of sp³-hybridized carbons (Fsp3) is 0.278. The number of halogens is 1. The van der Waals surface area contributed by atoms with Gasteiger partial charge in [0.2, 0.25) is 10.0 Å². The second-order valence-electron chi connectivity index (χ2n) is 5.69. The number of aryl methyl sites for hydroxylation is 1. The molecule has 0 radical (unpaired) electrons. The van der Waals surface area contributed by atoms with Crippen LogP contribution in [0.25, 0.3) is 0 Å². The summed E-state index contributed by atoms with van der Waals surface area (Å²) < 4.78 is 27.8. The third-order valence-corrected chi connectivity index (χ3v) is 5.26. The second-order valence-corrected chi connectivity index (χ2v) is 7.42. The van der Waals surface area contributed by atoms with E-state index >= 15 is 0 Å². The van der Waals surface area contributed by atoms with Crippen LogP contribution in [0.5, 0.6) is 0 Å². The van der Waals surface area contributed by atoms with Crippen LogP contribution in [0.3, 0.4) is 0 Å². The minimum Gasteiger partial charge on any atom is -0.352 e. The van der Waals surface area contributed by atoms with E-state index in [0.717, 1.165) is 5.56 Å². The van der Waals surface area contributed by atoms with Crippen molar-refractivity contribution in [1.29, 1.82) is 0 Å². The van der Waals surface area contributed by atoms with Gasteiger partial charge < -0.3 is 11.1 Å². The summed E-state index contributed by atoms with van der Waals surface area (Å²) >= 11 is 0. The highest BCUT2D eigenvalue weighted by Gasteiger charge is 2.19. The predicted octanol–water partition coefficient (Wildman–Crippen LogP) is 1.97. The maximum absolute atomic E-state index is 12.6. The fourth-order valence-corrected chi connectivity index (χ4v) is 3.58. The molecular formula is C18H24ClN3O3S. The van der Waals surface area contributed by atoms with Gasteiger partial charge >= 0.3 is 0 Å². The molecule has 0 aliphatic rings. The highest BCUT2D eigenvalue weighted by Crippen LogP contribution is 2.17. The second kappa shape index (κ2) is 10.3. The summed E-state index contributed by atoms with van der Waals surface area (Å²) in [6, 6.07) is 13.9. The lowest BCUT2D eigenvalue weighted by Gasteiger charge is -2.11. The van der Waals surface area contributed by atoms with E-state index in [1.807, 2.05) is 30.3 Å². The summed E-state index contributed by atoms with van der Waals surface area (Å²) in [6.45, 7) is 2.83. The van der Waals surface area contributed by atoms with Crippen molar-refractivity contribution in [3.63, 3.8) is 0 Å². The van der Waals surface area contributed by atoms with Crippen LogP contribution in [0.15, 0.2) is 53.4 Å². The van der Waals surface area contributed by atoms with Crippen LogP contribution in [0.4, 0.5) is 0 Å². The standard InChI is InChI=1S/C18H23N3O3S.ClH/c1-14-8-9-16(18(22)20-11-5-10-19)12-17(14)25(23,24)21-13-15-6-3-2-4-7-15;/h2-4,6-9,12,21H,5,10-11,13,19H2,1H3,(H,20,22);1H. The molecule has 0 spiro atoms. The lowest BCUT2D eigenvalue weighted by molar-refractivity contribution is 0.0953. The molecule has 0 aliphatic heterocycles. The molecule has 0 aromatic heterocycles. The molecule has 0 unspecified atom stereocenters. The molecule has 2 rings (SSSR count). The molecule has 0 atom stereocenters. The number of hydrogen-bond acceptors (Lipinski definition) is 4. The minimum atomic E-state index is -3.72. The third-order valence-electron chi connectivity index (χ3n) is 3.72. The summed E-state index contributed by atoms with van der Waals surface area (Å²) in [5.41, 5.74) is 7.15. The van der Waals surface area contributed by atoms with Crippen LogP contribution in [0.2, 0.25) is 0 Å². The summed E-state index contributed by atoms with van der Waals surface area (Å²) in [6.07, 6.45) is 0.668. The van der Waals surface area contributed by atoms with Crippen LogP contribution >= 0.6 is 12.4 Å². The van der Waals surface area contributed by atoms with Crippen LogP contribution in [-0.2, 0) is 16.6 Å². The Labute approximate surface area is 160 Å². The van der Waals surface area contributed by atoms with E-state index in [1.54, 1.807) is 19.1 Å². The number of hydrogen-bond donors (Lipinski definition) is 3. The number of sulfonamides is 1. The van der Waals surface area contributed by atoms with E-state index in [2.05, 4.69) is 10.0 Å². The average molecular weight is 398 g/mol. The molecule has 0 aliphatic carbocycles. The first-order valence-electron chi connectivity index (χ1n) is 8.06. The van der Waals surface area contributed by atoms with Gasteiger partial charge in [-0.1, -0.05) is 36.4 Å². The topological polar surface area (TPSA) is 101 Å². The number of nitrogens with two attached hydrogens (primary N) is 1. The molecule has 4 N–H and O–H groups in total. The van der Waals surface area contributed by atoms with Gasteiger partial charge in [0.05, 0.1) is 4.90 Å². The highest BCUT2D eigenvalue weighted by molar-refractivity contribution is 7.89. The van der Waals surface area contributed by atoms with Crippen LogP contribution in [-0.4, -0.2) is 27.4 Å². The Balaban J connectivity index is 0.00000338. The maximum atomic E-state index is 12.6. The number of rotatable bonds is 8. The monoisotopic (exact) mass is 397 g/mol. The number of amides is 1. The van der Waals surface area contributed by atoms with Gasteiger partial charge in [-0.3, -0.25) is 4.79 Å². The number of benzene rings is 2. The molecule has 1 amide bonds. The van der Waals surface area contributed by atoms with Crippen LogP contribution in [0, 0.1) is 6.92 Å². The molecule has 0 saturated heterocycles. The van der Waals surface area contributed by atoms with Gasteiger partial charge in [-0.25, -0.2) is 13.1 Å². The Bertz CT molecular complexity index is 827. The Morgan fingerprint density at radius 2 is 1.81 bits per heavy atom. The van der Waals surface area contributed by atoms with Gasteiger partial charge in [0.15, 0.2) is 0 Å². The molecule has 2 aromatic rings. The van der Waals surface area contributed by atoms with Gasteiger partial charge in [-0.05, 0) is 43.1 Å². The Hall–Kier alpha value is -1.93. The maximum Gasteiger partial charge on any atom is 0.251 e. The third kappa shape index (κ3) is 6.10. The van der Waals surface area contributed by atoms with Crippen molar-refractivity contribution in [2.24, 2.45) is 5.73 Å². The summed E-state index contributed by atoms with van der Waals surface area (Å²) in [5, 5.41) is 2.72. The fourth-order valence-electron chi connectivity index (χ4n) is 2.29. The number of carbonyl (C=O) groups excluding carboxylic acids is 1. The van der Waals surface area contributed by atoms with Crippen molar-refractivity contribution in [2.75, 3.05) is 13.1 Å². The molecule has 142 valence electrons. The Kier molecular flexibility index (Phi) is 8.74. The zero-order chi connectivity index (χ0) is 18.3. The van der Waals surface area contributed by atoms with E-state index in [-0.39, 0.29) is 29.8 Å². The van der Waals surface area contributed by atoms with Crippen molar-refractivity contribution in [3.05, 3.63) is 65.2 Å². The van der Waals surface area contributed by atoms with E-state index in [1.165, 1.54) is 6.07 Å². The van der Waals surface area contributed by atoms with Crippen molar-refractivity contribution >= 4 is 28.3 Å². The first kappa shape index (κ1) is 22.1. The molecule has 0 saturated carbocycles. The normalized spacial score (nSPS) is 10.8. The zero-order valence-electron chi connectivity index (χ0n) is 14.6. The average Bonchev–Trinajstić information content (AvgIpc) is 2.61. The highest BCUT2D eigenvalue weighted by atomic mass is 35.5. The van der Waals surface area contributed by atoms with E-state index in [9.17, 15) is 13.2 Å². The summed E-state index contributed by atoms with van der Waals surface area (Å²) in [7, 11) is -3.72. The largest absolute Gasteiger partial charge is 0.352 e. The predicted molar refractivity (Wildman–Crippen MR) is 105 cm³/mol. The molecule has 0 heterocycles. The molecule has 0 bridgehead atoms. The zero-order valence-corrected chi connectivity index (χ0v) is 16.2. The number of carbonyl (C=O) groups is 1. The Morgan fingerprint density at radius 3 is 2.46 bits per heavy atom. The van der Waals surface area contributed by atoms with E-state index in [0.29, 0.717) is 30.6 Å². The molecule has 26 heavy (non-hydrogen) atoms. The smallest absolute Gasteiger partial charge is 0.251 e. The summed E-state index contributed by atoms with van der Waals surface area (Å²) in [4.78, 5) is 12.2. The van der Waals surface area contributed by atoms with E-state index in [4.69, 9.17) is 5.73 Å². The molecule has 0 fully saturated rings. The van der Waals surface area contributed by atoms with Gasteiger partial charge in [0.1, 0.15) is 0 Å². The van der Waals surface area contributed by atoms with Crippen molar-refractivity contribution in [2.45, 2.75) is 24.8 Å². The van der Waals surface area contributed by atoms with Gasteiger partial charge in [0, 0.05) is 18.7 Å². The molecule has 6 nitrogen and oxygen atoms in total. The van der Waals surface area contributed by atoms with Crippen molar-refractivity contribution < 1.29 is 13.2 Å². The SMILES string of the molecule is Cc1ccc(C(=O)NCCCN)cc1S(=O)(=O)NCc1ccccc1.Cl. The van der Waals surface area contributed by atoms with Gasteiger partial charge in [0.25, 0.3) is 5.91 Å². The quantitative estimate of drug-likeness (QED) is 0.592. The molecule has 8 heteroatoms. The Morgan fingerprint density at radius 1 is 1.12 bits per heavy atom. The van der Waals surface area contributed by atoms with Gasteiger partial charge in [-0.2, -0.15) is 0 Å². The van der Waals surface area contributed by atoms with Crippen LogP contribution < -0.4 is 15.8 Å². The lowest BCUT2D eigenvalue weighted by Crippen LogP contribution is -2.27. The van der Waals surface area contributed by atoms with Crippen molar-refractivity contribution in [3.8, 4) is 0 Å². The first-order valence-corrected chi connectivity index (χ1v) is 9.55.